The molecule has 2 unspecified atom stereocenters. The molecule has 2 atom stereocenters. The Morgan fingerprint density at radius 1 is 1.62 bits per heavy atom. The van der Waals surface area contributed by atoms with Crippen molar-refractivity contribution in [3.05, 3.63) is 22.4 Å². The summed E-state index contributed by atoms with van der Waals surface area (Å²) in [5, 5.41) is 18.3. The van der Waals surface area contributed by atoms with Crippen LogP contribution in [-0.4, -0.2) is 53.1 Å². The largest absolute Gasteiger partial charge is 0.480 e. The molecule has 0 bridgehead atoms. The van der Waals surface area contributed by atoms with Crippen LogP contribution in [0.15, 0.2) is 16.8 Å². The van der Waals surface area contributed by atoms with E-state index in [2.05, 4.69) is 10.6 Å². The van der Waals surface area contributed by atoms with E-state index in [1.165, 1.54) is 0 Å². The summed E-state index contributed by atoms with van der Waals surface area (Å²) in [5.41, 5.74) is 1.11. The Bertz CT molecular complexity index is 532. The molecular formula is C13H17N3O4S. The van der Waals surface area contributed by atoms with E-state index < -0.39 is 18.0 Å². The minimum Gasteiger partial charge on any atom is -0.480 e. The summed E-state index contributed by atoms with van der Waals surface area (Å²) in [6, 6.07) is 0.268. The number of hydrogen-bond donors (Lipinski definition) is 3. The molecule has 2 rings (SSSR count). The molecule has 3 N–H and O–H groups in total. The van der Waals surface area contributed by atoms with Gasteiger partial charge in [0.2, 0.25) is 5.91 Å². The van der Waals surface area contributed by atoms with Crippen molar-refractivity contribution in [3.8, 4) is 0 Å². The number of nitrogens with zero attached hydrogens (tertiary/aromatic N) is 1. The zero-order valence-corrected chi connectivity index (χ0v) is 12.4. The standard InChI is InChI=1S/C13H17N3O4S/c1-8(4-9-2-3-21-7-9)15-13(20)16-6-11(17)14-5-10(16)12(18)19/h2-3,7-8,10H,4-6H2,1H3,(H,14,17)(H,15,20)(H,18,19). The molecule has 3 amide bonds. The topological polar surface area (TPSA) is 98.7 Å². The summed E-state index contributed by atoms with van der Waals surface area (Å²) in [5.74, 6) is -1.48. The van der Waals surface area contributed by atoms with E-state index >= 15 is 0 Å². The van der Waals surface area contributed by atoms with Crippen LogP contribution in [0.25, 0.3) is 0 Å². The molecule has 0 aromatic carbocycles. The maximum absolute atomic E-state index is 12.2. The van der Waals surface area contributed by atoms with Crippen molar-refractivity contribution in [1.29, 1.82) is 0 Å². The third-order valence-corrected chi connectivity index (χ3v) is 3.95. The molecule has 1 aromatic heterocycles. The summed E-state index contributed by atoms with van der Waals surface area (Å²) >= 11 is 1.58. The number of carboxylic acids is 1. The number of carboxylic acid groups (broad SMARTS) is 1. The Balaban J connectivity index is 1.96. The number of nitrogens with one attached hydrogen (secondary N) is 2. The average Bonchev–Trinajstić information content (AvgIpc) is 2.90. The number of urea groups is 1. The monoisotopic (exact) mass is 311 g/mol. The molecule has 1 aliphatic heterocycles. The van der Waals surface area contributed by atoms with Gasteiger partial charge in [0.15, 0.2) is 0 Å². The second-order valence-electron chi connectivity index (χ2n) is 4.97. The molecule has 0 radical (unpaired) electrons. The fourth-order valence-corrected chi connectivity index (χ4v) is 2.86. The van der Waals surface area contributed by atoms with Crippen molar-refractivity contribution in [1.82, 2.24) is 15.5 Å². The van der Waals surface area contributed by atoms with Crippen molar-refractivity contribution in [2.75, 3.05) is 13.1 Å². The molecular weight excluding hydrogens is 294 g/mol. The van der Waals surface area contributed by atoms with Gasteiger partial charge in [-0.25, -0.2) is 9.59 Å². The molecule has 7 nitrogen and oxygen atoms in total. The average molecular weight is 311 g/mol. The summed E-state index contributed by atoms with van der Waals surface area (Å²) in [6.07, 6.45) is 0.660. The summed E-state index contributed by atoms with van der Waals surface area (Å²) in [6.45, 7) is 1.53. The molecule has 1 aromatic rings. The molecule has 21 heavy (non-hydrogen) atoms. The van der Waals surface area contributed by atoms with Crippen LogP contribution in [0.2, 0.25) is 0 Å². The van der Waals surface area contributed by atoms with E-state index in [0.717, 1.165) is 10.5 Å². The van der Waals surface area contributed by atoms with Gasteiger partial charge in [-0.2, -0.15) is 11.3 Å². The Morgan fingerprint density at radius 2 is 2.38 bits per heavy atom. The fraction of sp³-hybridized carbons (Fsp3) is 0.462. The Hall–Kier alpha value is -2.09. The molecule has 0 spiro atoms. The fourth-order valence-electron chi connectivity index (χ4n) is 2.18. The summed E-state index contributed by atoms with van der Waals surface area (Å²) in [4.78, 5) is 35.7. The summed E-state index contributed by atoms with van der Waals surface area (Å²) < 4.78 is 0. The van der Waals surface area contributed by atoms with Gasteiger partial charge in [0, 0.05) is 12.6 Å². The highest BCUT2D eigenvalue weighted by atomic mass is 32.1. The smallest absolute Gasteiger partial charge is 0.328 e. The van der Waals surface area contributed by atoms with E-state index in [1.807, 2.05) is 23.8 Å². The first-order valence-electron chi connectivity index (χ1n) is 6.55. The van der Waals surface area contributed by atoms with Gasteiger partial charge in [-0.1, -0.05) is 0 Å². The van der Waals surface area contributed by atoms with Gasteiger partial charge in [-0.05, 0) is 35.7 Å². The third-order valence-electron chi connectivity index (χ3n) is 3.22. The van der Waals surface area contributed by atoms with Gasteiger partial charge in [0.05, 0.1) is 0 Å². The number of amides is 3. The van der Waals surface area contributed by atoms with Crippen LogP contribution < -0.4 is 10.6 Å². The highest BCUT2D eigenvalue weighted by molar-refractivity contribution is 7.07. The summed E-state index contributed by atoms with van der Waals surface area (Å²) in [7, 11) is 0. The first-order chi connectivity index (χ1) is 9.97. The molecule has 114 valence electrons. The number of carbonyl (C=O) groups excluding carboxylic acids is 2. The van der Waals surface area contributed by atoms with Gasteiger partial charge in [-0.15, -0.1) is 0 Å². The molecule has 1 fully saturated rings. The molecule has 1 aliphatic rings. The highest BCUT2D eigenvalue weighted by Gasteiger charge is 2.35. The lowest BCUT2D eigenvalue weighted by molar-refractivity contribution is -0.144. The zero-order chi connectivity index (χ0) is 15.4. The van der Waals surface area contributed by atoms with Crippen LogP contribution in [0.1, 0.15) is 12.5 Å². The first-order valence-corrected chi connectivity index (χ1v) is 7.49. The van der Waals surface area contributed by atoms with E-state index in [1.54, 1.807) is 11.3 Å². The number of hydrogen-bond acceptors (Lipinski definition) is 4. The van der Waals surface area contributed by atoms with Crippen LogP contribution in [0.4, 0.5) is 4.79 Å². The van der Waals surface area contributed by atoms with Crippen molar-refractivity contribution in [2.24, 2.45) is 0 Å². The molecule has 0 saturated carbocycles. The zero-order valence-electron chi connectivity index (χ0n) is 11.5. The van der Waals surface area contributed by atoms with Crippen LogP contribution >= 0.6 is 11.3 Å². The lowest BCUT2D eigenvalue weighted by atomic mass is 10.1. The van der Waals surface area contributed by atoms with Crippen molar-refractivity contribution in [2.45, 2.75) is 25.4 Å². The predicted molar refractivity (Wildman–Crippen MR) is 77.2 cm³/mol. The third kappa shape index (κ3) is 3.94. The number of rotatable bonds is 4. The van der Waals surface area contributed by atoms with Gasteiger partial charge < -0.3 is 15.7 Å². The van der Waals surface area contributed by atoms with Crippen LogP contribution in [-0.2, 0) is 16.0 Å². The normalized spacial score (nSPS) is 19.8. The van der Waals surface area contributed by atoms with Gasteiger partial charge >= 0.3 is 12.0 Å². The van der Waals surface area contributed by atoms with E-state index in [-0.39, 0.29) is 25.0 Å². The minimum absolute atomic E-state index is 0.0690. The Kier molecular flexibility index (Phi) is 4.79. The molecule has 8 heteroatoms. The molecule has 0 aliphatic carbocycles. The lowest BCUT2D eigenvalue weighted by Crippen LogP contribution is -2.62. The maximum Gasteiger partial charge on any atom is 0.328 e. The number of piperazine rings is 1. The van der Waals surface area contributed by atoms with Crippen LogP contribution in [0.3, 0.4) is 0 Å². The second-order valence-corrected chi connectivity index (χ2v) is 5.75. The Labute approximate surface area is 125 Å². The molecule has 1 saturated heterocycles. The van der Waals surface area contributed by atoms with Crippen LogP contribution in [0.5, 0.6) is 0 Å². The van der Waals surface area contributed by atoms with Crippen molar-refractivity contribution >= 4 is 29.2 Å². The quantitative estimate of drug-likeness (QED) is 0.743. The van der Waals surface area contributed by atoms with Crippen molar-refractivity contribution < 1.29 is 19.5 Å². The van der Waals surface area contributed by atoms with Gasteiger partial charge in [0.1, 0.15) is 12.6 Å². The first kappa shape index (κ1) is 15.3. The van der Waals surface area contributed by atoms with Gasteiger partial charge in [-0.3, -0.25) is 9.69 Å². The van der Waals surface area contributed by atoms with Gasteiger partial charge in [0.25, 0.3) is 0 Å². The predicted octanol–water partition coefficient (Wildman–Crippen LogP) is 0.274. The van der Waals surface area contributed by atoms with E-state index in [4.69, 9.17) is 5.11 Å². The van der Waals surface area contributed by atoms with Crippen molar-refractivity contribution in [3.63, 3.8) is 0 Å². The number of aliphatic carboxylic acids is 1. The number of carbonyl (C=O) groups is 3. The van der Waals surface area contributed by atoms with E-state index in [0.29, 0.717) is 6.42 Å². The Morgan fingerprint density at radius 3 is 3.00 bits per heavy atom. The molecule has 2 heterocycles. The lowest BCUT2D eigenvalue weighted by Gasteiger charge is -2.33. The van der Waals surface area contributed by atoms with E-state index in [9.17, 15) is 14.4 Å². The SMILES string of the molecule is CC(Cc1ccsc1)NC(=O)N1CC(=O)NCC1C(=O)O. The maximum atomic E-state index is 12.2. The number of thiophene rings is 1. The second kappa shape index (κ2) is 6.57. The minimum atomic E-state index is -1.13. The highest BCUT2D eigenvalue weighted by Crippen LogP contribution is 2.10. The van der Waals surface area contributed by atoms with Crippen LogP contribution in [0, 0.1) is 0 Å².